The molecule has 0 amide bonds. The van der Waals surface area contributed by atoms with E-state index < -0.39 is 11.8 Å². The summed E-state index contributed by atoms with van der Waals surface area (Å²) < 4.78 is 15.2. The summed E-state index contributed by atoms with van der Waals surface area (Å²) in [4.78, 5) is 10.7. The van der Waals surface area contributed by atoms with Gasteiger partial charge in [-0.15, -0.1) is 0 Å². The van der Waals surface area contributed by atoms with Crippen molar-refractivity contribution in [1.29, 1.82) is 0 Å². The number of carbonyl (C=O) groups is 1. The minimum atomic E-state index is -1.26. The Labute approximate surface area is 90.9 Å². The highest BCUT2D eigenvalue weighted by molar-refractivity contribution is 5.88. The molecule has 1 aromatic heterocycles. The predicted octanol–water partition coefficient (Wildman–Crippen LogP) is 1.77. The molecule has 1 N–H and O–H groups in total. The van der Waals surface area contributed by atoms with Gasteiger partial charge in [0.25, 0.3) is 0 Å². The lowest BCUT2D eigenvalue weighted by atomic mass is 10.1. The Balaban J connectivity index is 2.35. The Bertz CT molecular complexity index is 509. The van der Waals surface area contributed by atoms with Crippen LogP contribution in [-0.4, -0.2) is 20.9 Å². The molecule has 0 atom stereocenters. The number of hydrogen-bond acceptors (Lipinski definition) is 2. The smallest absolute Gasteiger partial charge is 0.338 e. The van der Waals surface area contributed by atoms with E-state index >= 15 is 0 Å². The SMILES string of the molecule is O=C(O)c1cccc(Cn2cccn2)c1F. The van der Waals surface area contributed by atoms with Gasteiger partial charge in [-0.1, -0.05) is 12.1 Å². The van der Waals surface area contributed by atoms with Crippen LogP contribution in [0.25, 0.3) is 0 Å². The van der Waals surface area contributed by atoms with Crippen LogP contribution in [0.4, 0.5) is 4.39 Å². The van der Waals surface area contributed by atoms with Crippen molar-refractivity contribution in [3.05, 3.63) is 53.6 Å². The molecule has 0 radical (unpaired) electrons. The lowest BCUT2D eigenvalue weighted by Gasteiger charge is -2.05. The number of aromatic carboxylic acids is 1. The number of benzene rings is 1. The minimum Gasteiger partial charge on any atom is -0.478 e. The van der Waals surface area contributed by atoms with Gasteiger partial charge in [-0.25, -0.2) is 9.18 Å². The van der Waals surface area contributed by atoms with Crippen LogP contribution in [0.3, 0.4) is 0 Å². The Hall–Kier alpha value is -2.17. The summed E-state index contributed by atoms with van der Waals surface area (Å²) >= 11 is 0. The summed E-state index contributed by atoms with van der Waals surface area (Å²) in [6.45, 7) is 0.222. The van der Waals surface area contributed by atoms with Gasteiger partial charge in [-0.2, -0.15) is 5.10 Å². The highest BCUT2D eigenvalue weighted by atomic mass is 19.1. The third-order valence-corrected chi connectivity index (χ3v) is 2.20. The van der Waals surface area contributed by atoms with Crippen LogP contribution in [0, 0.1) is 5.82 Å². The van der Waals surface area contributed by atoms with Crippen molar-refractivity contribution >= 4 is 5.97 Å². The quantitative estimate of drug-likeness (QED) is 0.857. The van der Waals surface area contributed by atoms with E-state index in [-0.39, 0.29) is 12.1 Å². The van der Waals surface area contributed by atoms with Crippen LogP contribution >= 0.6 is 0 Å². The molecular formula is C11H9FN2O2. The summed E-state index contributed by atoms with van der Waals surface area (Å²) in [6.07, 6.45) is 3.27. The van der Waals surface area contributed by atoms with E-state index in [4.69, 9.17) is 5.11 Å². The number of aromatic nitrogens is 2. The van der Waals surface area contributed by atoms with E-state index in [0.29, 0.717) is 5.56 Å². The maximum absolute atomic E-state index is 13.7. The molecule has 2 rings (SSSR count). The lowest BCUT2D eigenvalue weighted by Crippen LogP contribution is -2.07. The summed E-state index contributed by atoms with van der Waals surface area (Å²) in [5.74, 6) is -1.97. The molecule has 4 nitrogen and oxygen atoms in total. The van der Waals surface area contributed by atoms with E-state index in [1.807, 2.05) is 0 Å². The number of nitrogens with zero attached hydrogens (tertiary/aromatic N) is 2. The number of halogens is 1. The molecular weight excluding hydrogens is 211 g/mol. The third-order valence-electron chi connectivity index (χ3n) is 2.20. The van der Waals surface area contributed by atoms with Gasteiger partial charge in [0.2, 0.25) is 0 Å². The fourth-order valence-corrected chi connectivity index (χ4v) is 1.44. The molecule has 16 heavy (non-hydrogen) atoms. The normalized spacial score (nSPS) is 10.3. The number of hydrogen-bond donors (Lipinski definition) is 1. The Morgan fingerprint density at radius 2 is 2.25 bits per heavy atom. The molecule has 0 bridgehead atoms. The average molecular weight is 220 g/mol. The molecule has 0 saturated carbocycles. The van der Waals surface area contributed by atoms with E-state index in [1.165, 1.54) is 16.8 Å². The van der Waals surface area contributed by atoms with Crippen LogP contribution < -0.4 is 0 Å². The first kappa shape index (κ1) is 10.4. The van der Waals surface area contributed by atoms with Gasteiger partial charge >= 0.3 is 5.97 Å². The second kappa shape index (κ2) is 4.14. The van der Waals surface area contributed by atoms with Gasteiger partial charge in [0.15, 0.2) is 0 Å². The fourth-order valence-electron chi connectivity index (χ4n) is 1.44. The predicted molar refractivity (Wildman–Crippen MR) is 54.7 cm³/mol. The van der Waals surface area contributed by atoms with Crippen molar-refractivity contribution in [3.8, 4) is 0 Å². The first-order chi connectivity index (χ1) is 7.68. The van der Waals surface area contributed by atoms with Crippen molar-refractivity contribution in [2.24, 2.45) is 0 Å². The maximum Gasteiger partial charge on any atom is 0.338 e. The van der Waals surface area contributed by atoms with Gasteiger partial charge in [0, 0.05) is 18.0 Å². The molecule has 0 spiro atoms. The third kappa shape index (κ3) is 1.93. The van der Waals surface area contributed by atoms with Crippen molar-refractivity contribution in [2.45, 2.75) is 6.54 Å². The molecule has 0 fully saturated rings. The summed E-state index contributed by atoms with van der Waals surface area (Å²) in [5, 5.41) is 12.7. The molecule has 0 aliphatic rings. The fraction of sp³-hybridized carbons (Fsp3) is 0.0909. The number of rotatable bonds is 3. The van der Waals surface area contributed by atoms with Crippen LogP contribution in [0.15, 0.2) is 36.7 Å². The highest BCUT2D eigenvalue weighted by Crippen LogP contribution is 2.14. The van der Waals surface area contributed by atoms with E-state index in [0.717, 1.165) is 0 Å². The highest BCUT2D eigenvalue weighted by Gasteiger charge is 2.13. The van der Waals surface area contributed by atoms with E-state index in [2.05, 4.69) is 5.10 Å². The number of carboxylic acid groups (broad SMARTS) is 1. The second-order valence-corrected chi connectivity index (χ2v) is 3.29. The molecule has 1 aromatic carbocycles. The molecule has 2 aromatic rings. The molecule has 1 heterocycles. The van der Waals surface area contributed by atoms with Crippen LogP contribution in [0.1, 0.15) is 15.9 Å². The molecule has 5 heteroatoms. The monoisotopic (exact) mass is 220 g/mol. The average Bonchev–Trinajstić information content (AvgIpc) is 2.73. The first-order valence-electron chi connectivity index (χ1n) is 4.66. The van der Waals surface area contributed by atoms with Crippen molar-refractivity contribution in [2.75, 3.05) is 0 Å². The zero-order valence-corrected chi connectivity index (χ0v) is 8.30. The summed E-state index contributed by atoms with van der Waals surface area (Å²) in [6, 6.07) is 6.03. The molecule has 0 aliphatic heterocycles. The zero-order chi connectivity index (χ0) is 11.5. The second-order valence-electron chi connectivity index (χ2n) is 3.29. The standard InChI is InChI=1S/C11H9FN2O2/c12-10-8(7-14-6-2-5-13-14)3-1-4-9(10)11(15)16/h1-6H,7H2,(H,15,16). The van der Waals surface area contributed by atoms with Crippen molar-refractivity contribution in [1.82, 2.24) is 9.78 Å². The van der Waals surface area contributed by atoms with Gasteiger partial charge in [0.05, 0.1) is 12.1 Å². The van der Waals surface area contributed by atoms with Crippen LogP contribution in [0.2, 0.25) is 0 Å². The first-order valence-corrected chi connectivity index (χ1v) is 4.66. The summed E-state index contributed by atoms with van der Waals surface area (Å²) in [7, 11) is 0. The molecule has 82 valence electrons. The summed E-state index contributed by atoms with van der Waals surface area (Å²) in [5.41, 5.74) is -0.00624. The lowest BCUT2D eigenvalue weighted by molar-refractivity contribution is 0.0691. The Morgan fingerprint density at radius 3 is 2.88 bits per heavy atom. The topological polar surface area (TPSA) is 55.1 Å². The van der Waals surface area contributed by atoms with Crippen LogP contribution in [-0.2, 0) is 6.54 Å². The van der Waals surface area contributed by atoms with Gasteiger partial charge < -0.3 is 5.11 Å². The van der Waals surface area contributed by atoms with E-state index in [9.17, 15) is 9.18 Å². The van der Waals surface area contributed by atoms with Gasteiger partial charge in [0.1, 0.15) is 5.82 Å². The molecule has 0 unspecified atom stereocenters. The molecule has 0 aliphatic carbocycles. The van der Waals surface area contributed by atoms with Crippen LogP contribution in [0.5, 0.6) is 0 Å². The minimum absolute atomic E-state index is 0.222. The van der Waals surface area contributed by atoms with E-state index in [1.54, 1.807) is 24.5 Å². The largest absolute Gasteiger partial charge is 0.478 e. The zero-order valence-electron chi connectivity index (χ0n) is 8.30. The Kier molecular flexibility index (Phi) is 2.68. The Morgan fingerprint density at radius 1 is 1.44 bits per heavy atom. The molecule has 0 saturated heterocycles. The van der Waals surface area contributed by atoms with Crippen molar-refractivity contribution < 1.29 is 14.3 Å². The van der Waals surface area contributed by atoms with Gasteiger partial charge in [-0.05, 0) is 12.1 Å². The van der Waals surface area contributed by atoms with Gasteiger partial charge in [-0.3, -0.25) is 4.68 Å². The maximum atomic E-state index is 13.7. The van der Waals surface area contributed by atoms with Crippen molar-refractivity contribution in [3.63, 3.8) is 0 Å². The number of carboxylic acids is 1.